The first-order valence-electron chi connectivity index (χ1n) is 7.49. The molecule has 0 bridgehead atoms. The maximum absolute atomic E-state index is 12.2. The van der Waals surface area contributed by atoms with E-state index in [-0.39, 0.29) is 12.3 Å². The average molecular weight is 370 g/mol. The van der Waals surface area contributed by atoms with Crippen molar-refractivity contribution < 1.29 is 4.79 Å². The number of benzene rings is 2. The molecule has 1 N–H and O–H groups in total. The van der Waals surface area contributed by atoms with Gasteiger partial charge in [-0.1, -0.05) is 47.2 Å². The molecule has 0 fully saturated rings. The molecule has 0 aliphatic rings. The van der Waals surface area contributed by atoms with Crippen molar-refractivity contribution in [2.24, 2.45) is 0 Å². The summed E-state index contributed by atoms with van der Waals surface area (Å²) in [6.45, 7) is 0. The Hall–Kier alpha value is -2.77. The highest BCUT2D eigenvalue weighted by molar-refractivity contribution is 7.19. The fourth-order valence-corrected chi connectivity index (χ4v) is 3.34. The molecule has 0 saturated carbocycles. The minimum atomic E-state index is -0.0855. The molecule has 1 amide bonds. The van der Waals surface area contributed by atoms with Crippen molar-refractivity contribution in [2.75, 3.05) is 5.32 Å². The summed E-state index contributed by atoms with van der Waals surface area (Å²) in [6, 6.07) is 14.8. The van der Waals surface area contributed by atoms with Gasteiger partial charge in [-0.2, -0.15) is 9.61 Å². The lowest BCUT2D eigenvalue weighted by Gasteiger charge is -2.06. The van der Waals surface area contributed by atoms with Crippen LogP contribution in [0, 0.1) is 0 Å². The van der Waals surface area contributed by atoms with E-state index >= 15 is 0 Å². The highest BCUT2D eigenvalue weighted by Crippen LogP contribution is 2.26. The molecule has 0 saturated heterocycles. The van der Waals surface area contributed by atoms with Crippen molar-refractivity contribution in [3.05, 3.63) is 65.4 Å². The highest BCUT2D eigenvalue weighted by atomic mass is 35.5. The minimum absolute atomic E-state index is 0.0855. The van der Waals surface area contributed by atoms with Crippen LogP contribution in [0.15, 0.2) is 54.9 Å². The summed E-state index contributed by atoms with van der Waals surface area (Å²) in [5.41, 5.74) is 2.55. The van der Waals surface area contributed by atoms with E-state index in [1.54, 1.807) is 23.0 Å². The zero-order chi connectivity index (χ0) is 17.2. The van der Waals surface area contributed by atoms with Gasteiger partial charge in [-0.05, 0) is 29.8 Å². The van der Waals surface area contributed by atoms with Gasteiger partial charge in [-0.25, -0.2) is 0 Å². The third-order valence-corrected chi connectivity index (χ3v) is 4.77. The van der Waals surface area contributed by atoms with Crippen LogP contribution >= 0.6 is 22.9 Å². The predicted octanol–water partition coefficient (Wildman–Crippen LogP) is 3.69. The SMILES string of the molecule is O=C(Cc1ccc(Cl)cc1)Nc1cccc(-c2nn3cnnc3s2)c1. The van der Waals surface area contributed by atoms with Gasteiger partial charge in [-0.3, -0.25) is 4.79 Å². The molecular weight excluding hydrogens is 358 g/mol. The minimum Gasteiger partial charge on any atom is -0.326 e. The number of halogens is 1. The number of carbonyl (C=O) groups excluding carboxylic acids is 1. The molecule has 0 aliphatic carbocycles. The molecule has 8 heteroatoms. The van der Waals surface area contributed by atoms with Crippen LogP contribution in [-0.2, 0) is 11.2 Å². The van der Waals surface area contributed by atoms with Gasteiger partial charge < -0.3 is 5.32 Å². The second-order valence-corrected chi connectivity index (χ2v) is 6.79. The third kappa shape index (κ3) is 3.52. The average Bonchev–Trinajstić information content (AvgIpc) is 3.19. The largest absolute Gasteiger partial charge is 0.326 e. The molecular formula is C17H12ClN5OS. The van der Waals surface area contributed by atoms with Crippen LogP contribution in [-0.4, -0.2) is 25.7 Å². The lowest BCUT2D eigenvalue weighted by molar-refractivity contribution is -0.115. The van der Waals surface area contributed by atoms with Crippen LogP contribution in [0.3, 0.4) is 0 Å². The quantitative estimate of drug-likeness (QED) is 0.595. The number of rotatable bonds is 4. The smallest absolute Gasteiger partial charge is 0.234 e. The van der Waals surface area contributed by atoms with Crippen molar-refractivity contribution in [1.82, 2.24) is 19.8 Å². The van der Waals surface area contributed by atoms with Gasteiger partial charge >= 0.3 is 0 Å². The normalized spacial score (nSPS) is 10.9. The van der Waals surface area contributed by atoms with Crippen LogP contribution in [0.4, 0.5) is 5.69 Å². The first-order chi connectivity index (χ1) is 12.2. The maximum Gasteiger partial charge on any atom is 0.234 e. The molecule has 2 heterocycles. The number of nitrogens with one attached hydrogen (secondary N) is 1. The summed E-state index contributed by atoms with van der Waals surface area (Å²) in [7, 11) is 0. The topological polar surface area (TPSA) is 72.2 Å². The van der Waals surface area contributed by atoms with E-state index in [9.17, 15) is 4.79 Å². The Bertz CT molecular complexity index is 1010. The third-order valence-electron chi connectivity index (χ3n) is 3.56. The van der Waals surface area contributed by atoms with Crippen LogP contribution in [0.5, 0.6) is 0 Å². The molecule has 25 heavy (non-hydrogen) atoms. The van der Waals surface area contributed by atoms with Gasteiger partial charge in [0.1, 0.15) is 11.3 Å². The summed E-state index contributed by atoms with van der Waals surface area (Å²) in [6.07, 6.45) is 1.85. The summed E-state index contributed by atoms with van der Waals surface area (Å²) in [4.78, 5) is 13.0. The summed E-state index contributed by atoms with van der Waals surface area (Å²) < 4.78 is 1.63. The van der Waals surface area contributed by atoms with Gasteiger partial charge in [0.25, 0.3) is 0 Å². The Morgan fingerprint density at radius 1 is 1.20 bits per heavy atom. The number of hydrogen-bond donors (Lipinski definition) is 1. The van der Waals surface area contributed by atoms with E-state index in [2.05, 4.69) is 20.6 Å². The number of nitrogens with zero attached hydrogens (tertiary/aromatic N) is 4. The van der Waals surface area contributed by atoms with E-state index in [0.29, 0.717) is 5.02 Å². The predicted molar refractivity (Wildman–Crippen MR) is 97.9 cm³/mol. The second kappa shape index (κ2) is 6.62. The summed E-state index contributed by atoms with van der Waals surface area (Å²) >= 11 is 7.30. The first-order valence-corrected chi connectivity index (χ1v) is 8.68. The van der Waals surface area contributed by atoms with E-state index in [4.69, 9.17) is 11.6 Å². The van der Waals surface area contributed by atoms with Crippen molar-refractivity contribution in [3.8, 4) is 10.6 Å². The van der Waals surface area contributed by atoms with Gasteiger partial charge in [0.05, 0.1) is 6.42 Å². The van der Waals surface area contributed by atoms with Crippen LogP contribution in [0.1, 0.15) is 5.56 Å². The summed E-state index contributed by atoms with van der Waals surface area (Å²) in [5.74, 6) is -0.0855. The molecule has 6 nitrogen and oxygen atoms in total. The van der Waals surface area contributed by atoms with E-state index in [1.165, 1.54) is 11.3 Å². The highest BCUT2D eigenvalue weighted by Gasteiger charge is 2.09. The van der Waals surface area contributed by atoms with E-state index in [0.717, 1.165) is 26.8 Å². The summed E-state index contributed by atoms with van der Waals surface area (Å²) in [5, 5.41) is 16.6. The van der Waals surface area contributed by atoms with Crippen molar-refractivity contribution >= 4 is 39.5 Å². The Kier molecular flexibility index (Phi) is 4.17. The molecule has 0 spiro atoms. The second-order valence-electron chi connectivity index (χ2n) is 5.40. The molecule has 0 atom stereocenters. The number of anilines is 1. The van der Waals surface area contributed by atoms with E-state index < -0.39 is 0 Å². The molecule has 4 rings (SSSR count). The molecule has 0 unspecified atom stereocenters. The lowest BCUT2D eigenvalue weighted by Crippen LogP contribution is -2.14. The van der Waals surface area contributed by atoms with E-state index in [1.807, 2.05) is 36.4 Å². The molecule has 2 aromatic heterocycles. The molecule has 0 aliphatic heterocycles. The lowest BCUT2D eigenvalue weighted by atomic mass is 10.1. The monoisotopic (exact) mass is 369 g/mol. The Morgan fingerprint density at radius 2 is 2.04 bits per heavy atom. The van der Waals surface area contributed by atoms with Gasteiger partial charge in [-0.15, -0.1) is 10.2 Å². The first kappa shape index (κ1) is 15.7. The van der Waals surface area contributed by atoms with Gasteiger partial charge in [0.15, 0.2) is 0 Å². The number of fused-ring (bicyclic) bond motifs is 1. The van der Waals surface area contributed by atoms with Gasteiger partial charge in [0.2, 0.25) is 10.9 Å². The fourth-order valence-electron chi connectivity index (χ4n) is 2.40. The zero-order valence-corrected chi connectivity index (χ0v) is 14.5. The van der Waals surface area contributed by atoms with Crippen molar-refractivity contribution in [1.29, 1.82) is 0 Å². The Balaban J connectivity index is 1.50. The van der Waals surface area contributed by atoms with Crippen LogP contribution < -0.4 is 5.32 Å². The van der Waals surface area contributed by atoms with Crippen molar-refractivity contribution in [2.45, 2.75) is 6.42 Å². The zero-order valence-electron chi connectivity index (χ0n) is 12.9. The molecule has 4 aromatic rings. The number of aromatic nitrogens is 4. The number of hydrogen-bond acceptors (Lipinski definition) is 5. The van der Waals surface area contributed by atoms with Crippen LogP contribution in [0.25, 0.3) is 15.5 Å². The molecule has 2 aromatic carbocycles. The Morgan fingerprint density at radius 3 is 2.84 bits per heavy atom. The molecule has 0 radical (unpaired) electrons. The standard InChI is InChI=1S/C17H12ClN5OS/c18-13-6-4-11(5-7-13)8-15(24)20-14-3-1-2-12(9-14)16-22-23-10-19-21-17(23)25-16/h1-7,9-10H,8H2,(H,20,24). The van der Waals surface area contributed by atoms with Crippen molar-refractivity contribution in [3.63, 3.8) is 0 Å². The number of amides is 1. The van der Waals surface area contributed by atoms with Crippen LogP contribution in [0.2, 0.25) is 5.02 Å². The number of carbonyl (C=O) groups is 1. The Labute approximate surface area is 152 Å². The maximum atomic E-state index is 12.2. The fraction of sp³-hybridized carbons (Fsp3) is 0.0588. The van der Waals surface area contributed by atoms with Gasteiger partial charge in [0, 0.05) is 16.3 Å². The molecule has 124 valence electrons.